The molecule has 2 bridgehead atoms. The number of thioether (sulfide) groups is 2. The Labute approximate surface area is 874 Å². The summed E-state index contributed by atoms with van der Waals surface area (Å²) in [7, 11) is 0. The number of fused-ring (bicyclic) bond motifs is 2. The molecule has 0 aromatic heterocycles. The number of carboxylic acids is 22. The van der Waals surface area contributed by atoms with Gasteiger partial charge < -0.3 is 112 Å². The van der Waals surface area contributed by atoms with Gasteiger partial charge in [-0.1, -0.05) is 241 Å². The van der Waals surface area contributed by atoms with Gasteiger partial charge in [-0.3, -0.25) is 95.9 Å². The van der Waals surface area contributed by atoms with Gasteiger partial charge in [-0.2, -0.15) is 0 Å². The van der Waals surface area contributed by atoms with Crippen LogP contribution >= 0.6 is 23.5 Å². The van der Waals surface area contributed by atoms with E-state index >= 15 is 0 Å². The molecule has 2 aromatic carbocycles. The Morgan fingerprint density at radius 2 is 0.577 bits per heavy atom. The highest BCUT2D eigenvalue weighted by Gasteiger charge is 2.55. The molecular formula is C103H156O44S2. The SMILES string of the molecule is CC(C)(C(=O)O)C(=O)O.CCC(CC)(C(=O)O)C(=O)O.O=C(O)C(=C/C=C/c1ccccc1)C(=O)O.O=C(O)C(C(=O)O)c1ccccc1.O=C(O)C1(C(=O)O)CCC1.O=C(O)CCCCCC(=O)O.O=C(O)CCCCCCC(=O)O.O=C(O)CCCCCCCCCCCCC(=O)O.O=C(O)CCCCCCCCCCCCCCC(=O)O.O=C(O)CSC1(SCC(=O)O)CCCCC1.O=C(O)[C@@H]1[C@@H]2CC[C@@H](C2)[C@@H]1C(=O)O. The Morgan fingerprint density at radius 3 is 0.758 bits per heavy atom. The van der Waals surface area contributed by atoms with Gasteiger partial charge in [-0.25, -0.2) is 9.59 Å². The monoisotopic (exact) mass is 2160 g/mol. The first kappa shape index (κ1) is 144. The molecule has 22 N–H and O–H groups in total. The number of hydrogen-bond donors (Lipinski definition) is 22. The molecule has 0 radical (unpaired) electrons. The van der Waals surface area contributed by atoms with Gasteiger partial charge in [0.25, 0.3) is 0 Å². The van der Waals surface area contributed by atoms with Gasteiger partial charge >= 0.3 is 131 Å². The Balaban J connectivity index is -0.000000514. The summed E-state index contributed by atoms with van der Waals surface area (Å²) in [5.41, 5.74) is -4.21. The van der Waals surface area contributed by atoms with Crippen molar-refractivity contribution in [3.63, 3.8) is 0 Å². The van der Waals surface area contributed by atoms with E-state index in [0.29, 0.717) is 64.2 Å². The maximum atomic E-state index is 10.8. The van der Waals surface area contributed by atoms with E-state index in [1.54, 1.807) is 38.1 Å². The van der Waals surface area contributed by atoms with E-state index in [9.17, 15) is 105 Å². The predicted octanol–water partition coefficient (Wildman–Crippen LogP) is 18.4. The van der Waals surface area contributed by atoms with Crippen molar-refractivity contribution in [3.8, 4) is 0 Å². The lowest BCUT2D eigenvalue weighted by atomic mass is 9.69. The third kappa shape index (κ3) is 74.5. The number of carbonyl (C=O) groups is 22. The smallest absolute Gasteiger partial charge is 0.343 e. The first-order valence-electron chi connectivity index (χ1n) is 49.6. The highest BCUT2D eigenvalue weighted by molar-refractivity contribution is 8.18. The lowest BCUT2D eigenvalue weighted by molar-refractivity contribution is -0.172. The number of benzene rings is 2. The third-order valence-corrected chi connectivity index (χ3v) is 27.3. The van der Waals surface area contributed by atoms with Crippen molar-refractivity contribution in [2.24, 2.45) is 39.9 Å². The van der Waals surface area contributed by atoms with Crippen LogP contribution in [0.3, 0.4) is 0 Å². The molecule has 0 saturated heterocycles. The van der Waals surface area contributed by atoms with Crippen LogP contribution in [0.15, 0.2) is 78.4 Å². The van der Waals surface area contributed by atoms with Crippen molar-refractivity contribution in [1.82, 2.24) is 0 Å². The number of hydrogen-bond acceptors (Lipinski definition) is 24. The summed E-state index contributed by atoms with van der Waals surface area (Å²) in [4.78, 5) is 228. The molecule has 0 heterocycles. The van der Waals surface area contributed by atoms with E-state index in [4.69, 9.17) is 112 Å². The van der Waals surface area contributed by atoms with Crippen LogP contribution in [0.5, 0.6) is 0 Å². The molecule has 4 saturated carbocycles. The molecule has 0 amide bonds. The maximum absolute atomic E-state index is 10.8. The molecule has 46 heteroatoms. The van der Waals surface area contributed by atoms with Crippen LogP contribution in [0.4, 0.5) is 0 Å². The normalized spacial score (nSPS) is 14.7. The largest absolute Gasteiger partial charge is 0.481 e. The molecule has 0 unspecified atom stereocenters. The Bertz CT molecular complexity index is 4220. The van der Waals surface area contributed by atoms with E-state index < -0.39 is 171 Å². The quantitative estimate of drug-likeness (QED) is 0.00730. The summed E-state index contributed by atoms with van der Waals surface area (Å²) in [6, 6.07) is 17.0. The fourth-order valence-corrected chi connectivity index (χ4v) is 17.5. The number of carboxylic acid groups (broad SMARTS) is 22. The zero-order valence-corrected chi connectivity index (χ0v) is 86.9. The second-order valence-corrected chi connectivity index (χ2v) is 38.9. The Kier molecular flexibility index (Phi) is 83.2. The second kappa shape index (κ2) is 85.9. The van der Waals surface area contributed by atoms with Crippen molar-refractivity contribution >= 4 is 161 Å². The van der Waals surface area contributed by atoms with Crippen molar-refractivity contribution < 1.29 is 218 Å². The lowest BCUT2D eigenvalue weighted by Crippen LogP contribution is -2.44. The van der Waals surface area contributed by atoms with Crippen molar-refractivity contribution in [2.75, 3.05) is 11.5 Å². The van der Waals surface area contributed by atoms with Crippen molar-refractivity contribution in [2.45, 2.75) is 359 Å². The van der Waals surface area contributed by atoms with E-state index in [-0.39, 0.29) is 84.4 Å². The van der Waals surface area contributed by atoms with E-state index in [1.807, 2.05) is 30.3 Å². The molecule has 6 rings (SSSR count). The highest BCUT2D eigenvalue weighted by Crippen LogP contribution is 2.53. The van der Waals surface area contributed by atoms with Gasteiger partial charge in [0.2, 0.25) is 0 Å². The zero-order valence-electron chi connectivity index (χ0n) is 85.3. The summed E-state index contributed by atoms with van der Waals surface area (Å²) < 4.78 is -0.185. The van der Waals surface area contributed by atoms with Crippen LogP contribution < -0.4 is 0 Å². The topological polar surface area (TPSA) is 821 Å². The maximum Gasteiger partial charge on any atom is 0.343 e. The minimum atomic E-state index is -1.67. The number of rotatable bonds is 64. The lowest BCUT2D eigenvalue weighted by Gasteiger charge is -2.35. The van der Waals surface area contributed by atoms with E-state index in [1.165, 1.54) is 112 Å². The third-order valence-electron chi connectivity index (χ3n) is 24.0. The van der Waals surface area contributed by atoms with Gasteiger partial charge in [0.1, 0.15) is 5.57 Å². The fourth-order valence-electron chi connectivity index (χ4n) is 14.9. The fraction of sp³-hybridized carbons (Fsp3) is 0.631. The number of aliphatic carboxylic acids is 22. The first-order chi connectivity index (χ1) is 69.9. The summed E-state index contributed by atoms with van der Waals surface area (Å²) >= 11 is 2.79. The summed E-state index contributed by atoms with van der Waals surface area (Å²) in [6.45, 7) is 5.40. The average molecular weight is 2160 g/mol. The predicted molar refractivity (Wildman–Crippen MR) is 543 cm³/mol. The van der Waals surface area contributed by atoms with E-state index in [2.05, 4.69) is 0 Å². The Hall–Kier alpha value is -13.0. The minimum Gasteiger partial charge on any atom is -0.481 e. The second-order valence-electron chi connectivity index (χ2n) is 36.0. The molecule has 44 nitrogen and oxygen atoms in total. The number of allylic oxidation sites excluding steroid dienone is 2. The van der Waals surface area contributed by atoms with Crippen LogP contribution in [-0.4, -0.2) is 259 Å². The summed E-state index contributed by atoms with van der Waals surface area (Å²) in [5.74, 6) is -25.0. The van der Waals surface area contributed by atoms with Gasteiger partial charge in [0, 0.05) is 51.4 Å². The van der Waals surface area contributed by atoms with Gasteiger partial charge in [-0.05, 0) is 158 Å². The molecule has 0 spiro atoms. The minimum absolute atomic E-state index is 0.0621. The van der Waals surface area contributed by atoms with Crippen LogP contribution in [0.25, 0.3) is 6.08 Å². The molecule has 149 heavy (non-hydrogen) atoms. The molecule has 4 aliphatic rings. The number of unbranched alkanes of at least 4 members (excludes halogenated alkanes) is 25. The van der Waals surface area contributed by atoms with Crippen LogP contribution in [0.1, 0.15) is 366 Å². The standard InChI is InChI=1S/C16H30O4.C14H26O4.C12H10O4.C10H16O4S2.C9H12O4.C9H8O4.C8H14O4.2C7H12O4.C6H8O4.C5H8O4/c17-15(18)13-11-9-7-5-3-1-2-4-6-8-10-12-14-16(19)20;15-13(16)11-9-7-5-3-1-2-4-6-8-10-12-14(17)18;13-11(14)10(12(15)16)8-4-7-9-5-2-1-3-6-9;11-8(12)6-15-10(16-7-9(13)14)4-2-1-3-5-10;10-8(11)6-4-1-2-5(3-4)7(6)9(12)13;10-8(11)7(9(12)13)6-4-2-1-3-5-6;9-7(10)5-3-1-2-4-6-8(11)12;1-3-7(4-2,5(8)9)6(10)11;8-6(9)4-2-1-3-5-7(10)11;7-4(8)6(5(9)10)2-1-3-6;1-5(2,3(6)7)4(8)9/h1-14H2,(H,17,18)(H,19,20);1-12H2,(H,15,16)(H,17,18);1-8H,(H,13,14)(H,15,16);1-7H2,(H,11,12)(H,13,14);4-7H,1-3H2,(H,10,11)(H,12,13);1-5,7H,(H,10,11)(H,12,13);1-6H2,(H,9,10)(H,11,12);3-4H2,1-2H3,(H,8,9)(H,10,11);1-5H2,(H,8,9)(H,10,11);1-3H2,(H,7,8)(H,9,10);1-2H3,(H,6,7)(H,8,9)/b;;7-4+;;;;;;;;/t;;;;4-,5+,6-,7+;;;;;;. The van der Waals surface area contributed by atoms with Gasteiger partial charge in [0.05, 0.1) is 27.4 Å². The Morgan fingerprint density at radius 1 is 0.322 bits per heavy atom. The van der Waals surface area contributed by atoms with Crippen LogP contribution in [-0.2, 0) is 105 Å². The van der Waals surface area contributed by atoms with Crippen molar-refractivity contribution in [3.05, 3.63) is 89.5 Å². The first-order valence-corrected chi connectivity index (χ1v) is 51.6. The molecular weight excluding hydrogens is 2010 g/mol. The summed E-state index contributed by atoms with van der Waals surface area (Å²) in [5, 5.41) is 187. The molecule has 4 aliphatic carbocycles. The van der Waals surface area contributed by atoms with Crippen molar-refractivity contribution in [1.29, 1.82) is 0 Å². The molecule has 4 atom stereocenters. The van der Waals surface area contributed by atoms with Gasteiger partial charge in [-0.15, -0.1) is 23.5 Å². The van der Waals surface area contributed by atoms with Crippen LogP contribution in [0.2, 0.25) is 0 Å². The molecule has 0 aliphatic heterocycles. The van der Waals surface area contributed by atoms with Gasteiger partial charge in [0.15, 0.2) is 22.2 Å². The molecule has 4 fully saturated rings. The summed E-state index contributed by atoms with van der Waals surface area (Å²) in [6.07, 6.45) is 44.1. The average Bonchev–Trinajstić information content (AvgIpc) is 1.35. The zero-order chi connectivity index (χ0) is 115. The van der Waals surface area contributed by atoms with E-state index in [0.717, 1.165) is 160 Å². The van der Waals surface area contributed by atoms with Crippen LogP contribution in [0, 0.1) is 39.9 Å². The highest BCUT2D eigenvalue weighted by atomic mass is 32.2. The molecule has 2 aromatic rings. The molecule has 844 valence electrons.